The van der Waals surface area contributed by atoms with Gasteiger partial charge < -0.3 is 9.84 Å². The Balaban J connectivity index is 2.26. The Kier molecular flexibility index (Phi) is 3.41. The smallest absolute Gasteiger partial charge is 0.0700 e. The van der Waals surface area contributed by atoms with E-state index in [-0.39, 0.29) is 6.10 Å². The van der Waals surface area contributed by atoms with Gasteiger partial charge in [0.1, 0.15) is 0 Å². The molecule has 1 saturated heterocycles. The Morgan fingerprint density at radius 3 is 3.09 bits per heavy atom. The van der Waals surface area contributed by atoms with Crippen LogP contribution >= 0.6 is 0 Å². The Bertz CT molecular complexity index is 160. The van der Waals surface area contributed by atoms with Gasteiger partial charge in [0.15, 0.2) is 0 Å². The fraction of sp³-hybridized carbons (Fsp3) is 0.778. The third kappa shape index (κ3) is 2.53. The predicted octanol–water partition coefficient (Wildman–Crippen LogP) is 0.797. The monoisotopic (exact) mass is 154 g/mol. The maximum absolute atomic E-state index is 9.50. The first-order chi connectivity index (χ1) is 5.34. The molecule has 1 aliphatic rings. The molecule has 1 N–H and O–H groups in total. The van der Waals surface area contributed by atoms with Crippen LogP contribution in [0, 0.1) is 17.8 Å². The highest BCUT2D eigenvalue weighted by molar-refractivity contribution is 4.97. The molecule has 0 bridgehead atoms. The molecule has 62 valence electrons. The molecule has 0 amide bonds. The lowest BCUT2D eigenvalue weighted by Crippen LogP contribution is -2.19. The van der Waals surface area contributed by atoms with Crippen molar-refractivity contribution >= 4 is 0 Å². The molecule has 0 aromatic heterocycles. The zero-order valence-corrected chi connectivity index (χ0v) is 6.84. The van der Waals surface area contributed by atoms with Crippen molar-refractivity contribution < 1.29 is 9.84 Å². The second kappa shape index (κ2) is 4.38. The molecule has 0 aromatic rings. The van der Waals surface area contributed by atoms with E-state index in [9.17, 15) is 5.11 Å². The van der Waals surface area contributed by atoms with E-state index in [2.05, 4.69) is 11.8 Å². The SMILES string of the molecule is CC#CCC(O)C1CCOC1. The van der Waals surface area contributed by atoms with E-state index in [0.717, 1.165) is 13.0 Å². The lowest BCUT2D eigenvalue weighted by atomic mass is 10.00. The van der Waals surface area contributed by atoms with Crippen LogP contribution < -0.4 is 0 Å². The first-order valence-electron chi connectivity index (χ1n) is 4.00. The van der Waals surface area contributed by atoms with Gasteiger partial charge in [-0.15, -0.1) is 11.8 Å². The summed E-state index contributed by atoms with van der Waals surface area (Å²) in [7, 11) is 0. The van der Waals surface area contributed by atoms with E-state index < -0.39 is 0 Å². The second-order valence-corrected chi connectivity index (χ2v) is 2.82. The van der Waals surface area contributed by atoms with Crippen LogP contribution in [0.4, 0.5) is 0 Å². The number of ether oxygens (including phenoxy) is 1. The van der Waals surface area contributed by atoms with Gasteiger partial charge in [-0.1, -0.05) is 0 Å². The van der Waals surface area contributed by atoms with Gasteiger partial charge in [-0.2, -0.15) is 0 Å². The van der Waals surface area contributed by atoms with Gasteiger partial charge in [0.25, 0.3) is 0 Å². The van der Waals surface area contributed by atoms with E-state index in [0.29, 0.717) is 18.9 Å². The Labute approximate surface area is 67.6 Å². The van der Waals surface area contributed by atoms with Crippen LogP contribution in [0.3, 0.4) is 0 Å². The molecule has 11 heavy (non-hydrogen) atoms. The van der Waals surface area contributed by atoms with Crippen molar-refractivity contribution in [3.63, 3.8) is 0 Å². The third-order valence-corrected chi connectivity index (χ3v) is 2.00. The molecule has 2 heteroatoms. The van der Waals surface area contributed by atoms with E-state index in [4.69, 9.17) is 4.74 Å². The summed E-state index contributed by atoms with van der Waals surface area (Å²) in [5, 5.41) is 9.50. The highest BCUT2D eigenvalue weighted by Crippen LogP contribution is 2.18. The average molecular weight is 154 g/mol. The highest BCUT2D eigenvalue weighted by atomic mass is 16.5. The Morgan fingerprint density at radius 2 is 2.55 bits per heavy atom. The number of hydrogen-bond acceptors (Lipinski definition) is 2. The Hall–Kier alpha value is -0.520. The van der Waals surface area contributed by atoms with Gasteiger partial charge >= 0.3 is 0 Å². The molecule has 0 radical (unpaired) electrons. The fourth-order valence-corrected chi connectivity index (χ4v) is 1.23. The number of aliphatic hydroxyl groups is 1. The average Bonchev–Trinajstić information content (AvgIpc) is 2.52. The summed E-state index contributed by atoms with van der Waals surface area (Å²) in [6.07, 6.45) is 1.28. The fourth-order valence-electron chi connectivity index (χ4n) is 1.23. The quantitative estimate of drug-likeness (QED) is 0.596. The molecule has 0 saturated carbocycles. The molecule has 1 fully saturated rings. The summed E-state index contributed by atoms with van der Waals surface area (Å²) < 4.78 is 5.15. The number of hydrogen-bond donors (Lipinski definition) is 1. The lowest BCUT2D eigenvalue weighted by molar-refractivity contribution is 0.0955. The molecular formula is C9H14O2. The summed E-state index contributed by atoms with van der Waals surface area (Å²) >= 11 is 0. The topological polar surface area (TPSA) is 29.5 Å². The van der Waals surface area contributed by atoms with E-state index in [1.54, 1.807) is 6.92 Å². The molecule has 1 heterocycles. The summed E-state index contributed by atoms with van der Waals surface area (Å²) in [4.78, 5) is 0. The van der Waals surface area contributed by atoms with Gasteiger partial charge in [-0.05, 0) is 13.3 Å². The van der Waals surface area contributed by atoms with Crippen molar-refractivity contribution in [2.75, 3.05) is 13.2 Å². The first-order valence-corrected chi connectivity index (χ1v) is 4.00. The predicted molar refractivity (Wildman–Crippen MR) is 43.0 cm³/mol. The van der Waals surface area contributed by atoms with Gasteiger partial charge in [-0.25, -0.2) is 0 Å². The molecule has 2 atom stereocenters. The zero-order chi connectivity index (χ0) is 8.10. The highest BCUT2D eigenvalue weighted by Gasteiger charge is 2.22. The van der Waals surface area contributed by atoms with E-state index in [1.807, 2.05) is 0 Å². The van der Waals surface area contributed by atoms with Gasteiger partial charge in [0.05, 0.1) is 12.7 Å². The van der Waals surface area contributed by atoms with Crippen LogP contribution in [0.25, 0.3) is 0 Å². The van der Waals surface area contributed by atoms with Crippen LogP contribution in [0.5, 0.6) is 0 Å². The zero-order valence-electron chi connectivity index (χ0n) is 6.84. The lowest BCUT2D eigenvalue weighted by Gasteiger charge is -2.12. The van der Waals surface area contributed by atoms with Crippen molar-refractivity contribution in [3.8, 4) is 11.8 Å². The normalized spacial score (nSPS) is 25.8. The van der Waals surface area contributed by atoms with Crippen LogP contribution in [0.15, 0.2) is 0 Å². The van der Waals surface area contributed by atoms with E-state index in [1.165, 1.54) is 0 Å². The summed E-state index contributed by atoms with van der Waals surface area (Å²) in [5.41, 5.74) is 0. The summed E-state index contributed by atoms with van der Waals surface area (Å²) in [6.45, 7) is 3.28. The minimum atomic E-state index is -0.287. The van der Waals surface area contributed by atoms with Crippen LogP contribution in [-0.4, -0.2) is 24.4 Å². The van der Waals surface area contributed by atoms with Crippen LogP contribution in [-0.2, 0) is 4.74 Å². The standard InChI is InChI=1S/C9H14O2/c1-2-3-4-9(10)8-5-6-11-7-8/h8-10H,4-7H2,1H3. The summed E-state index contributed by atoms with van der Waals surface area (Å²) in [5.74, 6) is 5.96. The molecule has 2 unspecified atom stereocenters. The largest absolute Gasteiger partial charge is 0.392 e. The Morgan fingerprint density at radius 1 is 1.73 bits per heavy atom. The van der Waals surface area contributed by atoms with Crippen LogP contribution in [0.1, 0.15) is 19.8 Å². The molecule has 0 aromatic carbocycles. The second-order valence-electron chi connectivity index (χ2n) is 2.82. The van der Waals surface area contributed by atoms with Crippen molar-refractivity contribution in [3.05, 3.63) is 0 Å². The van der Waals surface area contributed by atoms with Gasteiger partial charge in [0, 0.05) is 18.9 Å². The first kappa shape index (κ1) is 8.58. The molecular weight excluding hydrogens is 140 g/mol. The van der Waals surface area contributed by atoms with Crippen molar-refractivity contribution in [1.29, 1.82) is 0 Å². The van der Waals surface area contributed by atoms with Crippen molar-refractivity contribution in [2.24, 2.45) is 5.92 Å². The molecule has 0 spiro atoms. The third-order valence-electron chi connectivity index (χ3n) is 2.00. The van der Waals surface area contributed by atoms with Crippen LogP contribution in [0.2, 0.25) is 0 Å². The van der Waals surface area contributed by atoms with Gasteiger partial charge in [0.2, 0.25) is 0 Å². The van der Waals surface area contributed by atoms with E-state index >= 15 is 0 Å². The maximum atomic E-state index is 9.50. The van der Waals surface area contributed by atoms with Crippen molar-refractivity contribution in [1.82, 2.24) is 0 Å². The maximum Gasteiger partial charge on any atom is 0.0700 e. The minimum Gasteiger partial charge on any atom is -0.392 e. The number of rotatable bonds is 2. The van der Waals surface area contributed by atoms with Crippen molar-refractivity contribution in [2.45, 2.75) is 25.9 Å². The molecule has 1 rings (SSSR count). The molecule has 1 aliphatic heterocycles. The minimum absolute atomic E-state index is 0.287. The molecule has 2 nitrogen and oxygen atoms in total. The van der Waals surface area contributed by atoms with Gasteiger partial charge in [-0.3, -0.25) is 0 Å². The molecule has 0 aliphatic carbocycles. The summed E-state index contributed by atoms with van der Waals surface area (Å²) in [6, 6.07) is 0. The number of aliphatic hydroxyl groups excluding tert-OH is 1.